The molecule has 0 fully saturated rings. The van der Waals surface area contributed by atoms with Gasteiger partial charge in [0, 0.05) is 25.6 Å². The summed E-state index contributed by atoms with van der Waals surface area (Å²) in [5.41, 5.74) is 1.33. The molecule has 0 amide bonds. The third-order valence-electron chi connectivity index (χ3n) is 3.21. The van der Waals surface area contributed by atoms with Crippen LogP contribution in [0.4, 0.5) is 0 Å². The third-order valence-corrected chi connectivity index (χ3v) is 3.21. The molecule has 0 bridgehead atoms. The van der Waals surface area contributed by atoms with Crippen LogP contribution in [0, 0.1) is 0 Å². The highest BCUT2D eigenvalue weighted by molar-refractivity contribution is 5.37. The molecular formula is C14H21NO2. The van der Waals surface area contributed by atoms with Crippen LogP contribution in [-0.4, -0.2) is 32.9 Å². The predicted molar refractivity (Wildman–Crippen MR) is 68.6 cm³/mol. The van der Waals surface area contributed by atoms with Crippen molar-refractivity contribution in [2.24, 2.45) is 0 Å². The Bertz CT molecular complexity index is 354. The zero-order valence-corrected chi connectivity index (χ0v) is 10.6. The second kappa shape index (κ2) is 6.03. The van der Waals surface area contributed by atoms with E-state index in [-0.39, 0.29) is 0 Å². The van der Waals surface area contributed by atoms with Gasteiger partial charge < -0.3 is 14.8 Å². The number of hydrogen-bond acceptors (Lipinski definition) is 3. The molecule has 2 atom stereocenters. The molecule has 3 heteroatoms. The largest absolute Gasteiger partial charge is 0.493 e. The van der Waals surface area contributed by atoms with Gasteiger partial charge in [0.2, 0.25) is 0 Å². The van der Waals surface area contributed by atoms with Crippen LogP contribution < -0.4 is 10.1 Å². The van der Waals surface area contributed by atoms with Gasteiger partial charge in [0.15, 0.2) is 0 Å². The van der Waals surface area contributed by atoms with Gasteiger partial charge >= 0.3 is 0 Å². The predicted octanol–water partition coefficient (Wildman–Crippen LogP) is 2.18. The van der Waals surface area contributed by atoms with E-state index in [2.05, 4.69) is 30.4 Å². The number of hydrogen-bond donors (Lipinski definition) is 1. The number of benzene rings is 1. The van der Waals surface area contributed by atoms with E-state index >= 15 is 0 Å². The Morgan fingerprint density at radius 3 is 3.12 bits per heavy atom. The number of methoxy groups -OCH3 is 1. The normalized spacial score (nSPS) is 20.5. The van der Waals surface area contributed by atoms with Crippen molar-refractivity contribution in [2.75, 3.05) is 26.9 Å². The van der Waals surface area contributed by atoms with Gasteiger partial charge in [-0.1, -0.05) is 18.2 Å². The monoisotopic (exact) mass is 235 g/mol. The zero-order chi connectivity index (χ0) is 12.1. The van der Waals surface area contributed by atoms with Crippen molar-refractivity contribution in [2.45, 2.75) is 25.3 Å². The maximum atomic E-state index is 5.66. The summed E-state index contributed by atoms with van der Waals surface area (Å²) in [5, 5.41) is 3.51. The fourth-order valence-corrected chi connectivity index (χ4v) is 2.28. The lowest BCUT2D eigenvalue weighted by molar-refractivity contribution is 0.169. The van der Waals surface area contributed by atoms with Crippen molar-refractivity contribution in [1.29, 1.82) is 0 Å². The minimum atomic E-state index is 0.398. The second-order valence-corrected chi connectivity index (χ2v) is 4.64. The van der Waals surface area contributed by atoms with Crippen LogP contribution in [0.1, 0.15) is 24.8 Å². The number of para-hydroxylation sites is 1. The molecule has 0 spiro atoms. The first-order chi connectivity index (χ1) is 8.31. The summed E-state index contributed by atoms with van der Waals surface area (Å²) in [6.07, 6.45) is 1.09. The number of fused-ring (bicyclic) bond motifs is 1. The zero-order valence-electron chi connectivity index (χ0n) is 10.6. The van der Waals surface area contributed by atoms with Crippen LogP contribution in [-0.2, 0) is 4.74 Å². The standard InChI is InChI=1S/C14H21NO2/c1-11(10-16-2)15-9-12-7-8-17-14-6-4-3-5-13(12)14/h3-6,11-12,15H,7-10H2,1-2H3. The lowest BCUT2D eigenvalue weighted by Gasteiger charge is -2.27. The Hall–Kier alpha value is -1.06. The summed E-state index contributed by atoms with van der Waals surface area (Å²) in [6, 6.07) is 8.73. The molecule has 1 heterocycles. The van der Waals surface area contributed by atoms with E-state index in [0.29, 0.717) is 12.0 Å². The maximum absolute atomic E-state index is 5.66. The summed E-state index contributed by atoms with van der Waals surface area (Å²) in [5.74, 6) is 1.60. The van der Waals surface area contributed by atoms with E-state index in [1.807, 2.05) is 6.07 Å². The average Bonchev–Trinajstić information content (AvgIpc) is 2.36. The highest BCUT2D eigenvalue weighted by Gasteiger charge is 2.20. The molecule has 2 rings (SSSR count). The number of rotatable bonds is 5. The van der Waals surface area contributed by atoms with E-state index in [0.717, 1.165) is 31.9 Å². The smallest absolute Gasteiger partial charge is 0.122 e. The SMILES string of the molecule is COCC(C)NCC1CCOc2ccccc21. The Balaban J connectivity index is 1.94. The fourth-order valence-electron chi connectivity index (χ4n) is 2.28. The van der Waals surface area contributed by atoms with Gasteiger partial charge in [-0.05, 0) is 25.0 Å². The number of nitrogens with one attached hydrogen (secondary N) is 1. The van der Waals surface area contributed by atoms with Crippen molar-refractivity contribution in [3.8, 4) is 5.75 Å². The number of ether oxygens (including phenoxy) is 2. The highest BCUT2D eigenvalue weighted by atomic mass is 16.5. The summed E-state index contributed by atoms with van der Waals surface area (Å²) in [7, 11) is 1.74. The molecule has 2 unspecified atom stereocenters. The highest BCUT2D eigenvalue weighted by Crippen LogP contribution is 2.32. The molecule has 94 valence electrons. The molecule has 0 saturated carbocycles. The Kier molecular flexibility index (Phi) is 4.40. The van der Waals surface area contributed by atoms with Gasteiger partial charge in [-0.2, -0.15) is 0 Å². The van der Waals surface area contributed by atoms with Crippen LogP contribution in [0.3, 0.4) is 0 Å². The minimum absolute atomic E-state index is 0.398. The van der Waals surface area contributed by atoms with E-state index in [4.69, 9.17) is 9.47 Å². The molecule has 17 heavy (non-hydrogen) atoms. The summed E-state index contributed by atoms with van der Waals surface area (Å²) < 4.78 is 10.8. The van der Waals surface area contributed by atoms with Gasteiger partial charge in [0.1, 0.15) is 5.75 Å². The Labute approximate surface area is 103 Å². The van der Waals surface area contributed by atoms with Crippen molar-refractivity contribution >= 4 is 0 Å². The van der Waals surface area contributed by atoms with Crippen molar-refractivity contribution in [1.82, 2.24) is 5.32 Å². The van der Waals surface area contributed by atoms with Gasteiger partial charge in [-0.15, -0.1) is 0 Å². The lowest BCUT2D eigenvalue weighted by Crippen LogP contribution is -2.35. The summed E-state index contributed by atoms with van der Waals surface area (Å²) >= 11 is 0. The van der Waals surface area contributed by atoms with Crippen molar-refractivity contribution in [3.63, 3.8) is 0 Å². The maximum Gasteiger partial charge on any atom is 0.122 e. The Morgan fingerprint density at radius 1 is 1.47 bits per heavy atom. The van der Waals surface area contributed by atoms with Crippen LogP contribution in [0.5, 0.6) is 5.75 Å². The molecular weight excluding hydrogens is 214 g/mol. The summed E-state index contributed by atoms with van der Waals surface area (Å²) in [4.78, 5) is 0. The van der Waals surface area contributed by atoms with Crippen LogP contribution >= 0.6 is 0 Å². The van der Waals surface area contributed by atoms with E-state index in [1.54, 1.807) is 7.11 Å². The molecule has 0 radical (unpaired) electrons. The van der Waals surface area contributed by atoms with Crippen LogP contribution in [0.2, 0.25) is 0 Å². The fraction of sp³-hybridized carbons (Fsp3) is 0.571. The van der Waals surface area contributed by atoms with E-state index in [9.17, 15) is 0 Å². The van der Waals surface area contributed by atoms with E-state index < -0.39 is 0 Å². The topological polar surface area (TPSA) is 30.5 Å². The molecule has 1 aliphatic heterocycles. The average molecular weight is 235 g/mol. The van der Waals surface area contributed by atoms with Crippen LogP contribution in [0.25, 0.3) is 0 Å². The molecule has 1 N–H and O–H groups in total. The van der Waals surface area contributed by atoms with Gasteiger partial charge in [-0.25, -0.2) is 0 Å². The Morgan fingerprint density at radius 2 is 2.29 bits per heavy atom. The van der Waals surface area contributed by atoms with Gasteiger partial charge in [0.05, 0.1) is 13.2 Å². The molecule has 0 saturated heterocycles. The van der Waals surface area contributed by atoms with Gasteiger partial charge in [-0.3, -0.25) is 0 Å². The minimum Gasteiger partial charge on any atom is -0.493 e. The first-order valence-electron chi connectivity index (χ1n) is 6.25. The van der Waals surface area contributed by atoms with Crippen molar-refractivity contribution in [3.05, 3.63) is 29.8 Å². The first-order valence-corrected chi connectivity index (χ1v) is 6.25. The molecule has 1 aromatic rings. The molecule has 1 aromatic carbocycles. The summed E-state index contributed by atoms with van der Waals surface area (Å²) in [6.45, 7) is 4.71. The quantitative estimate of drug-likeness (QED) is 0.848. The molecule has 0 aliphatic carbocycles. The first kappa shape index (κ1) is 12.4. The second-order valence-electron chi connectivity index (χ2n) is 4.64. The van der Waals surface area contributed by atoms with Crippen molar-refractivity contribution < 1.29 is 9.47 Å². The lowest BCUT2D eigenvalue weighted by atomic mass is 9.93. The molecule has 3 nitrogen and oxygen atoms in total. The molecule has 0 aromatic heterocycles. The van der Waals surface area contributed by atoms with Crippen LogP contribution in [0.15, 0.2) is 24.3 Å². The van der Waals surface area contributed by atoms with E-state index in [1.165, 1.54) is 5.56 Å². The van der Waals surface area contributed by atoms with Gasteiger partial charge in [0.25, 0.3) is 0 Å². The molecule has 1 aliphatic rings. The third kappa shape index (κ3) is 3.20.